The summed E-state index contributed by atoms with van der Waals surface area (Å²) in [7, 11) is 0. The molecule has 11 heavy (non-hydrogen) atoms. The molecule has 0 aromatic heterocycles. The highest BCUT2D eigenvalue weighted by Crippen LogP contribution is 1.97. The third-order valence-corrected chi connectivity index (χ3v) is 1.27. The van der Waals surface area contributed by atoms with Gasteiger partial charge in [0, 0.05) is 5.57 Å². The van der Waals surface area contributed by atoms with E-state index in [0.29, 0.717) is 5.57 Å². The minimum atomic E-state index is 0.717. The van der Waals surface area contributed by atoms with Crippen LogP contribution in [0.5, 0.6) is 0 Å². The van der Waals surface area contributed by atoms with Gasteiger partial charge in [0.2, 0.25) is 0 Å². The van der Waals surface area contributed by atoms with Gasteiger partial charge in [0.05, 0.1) is 6.07 Å². The van der Waals surface area contributed by atoms with E-state index in [1.165, 1.54) is 0 Å². The molecule has 0 unspecified atom stereocenters. The lowest BCUT2D eigenvalue weighted by Crippen LogP contribution is -1.69. The average molecular weight is 147 g/mol. The van der Waals surface area contributed by atoms with Crippen LogP contribution in [-0.2, 0) is 0 Å². The van der Waals surface area contributed by atoms with Crippen LogP contribution >= 0.6 is 0 Å². The van der Waals surface area contributed by atoms with Crippen LogP contribution in [0.25, 0.3) is 0 Å². The van der Waals surface area contributed by atoms with E-state index in [1.807, 2.05) is 25.2 Å². The molecule has 0 saturated heterocycles. The Bertz CT molecular complexity index is 203. The van der Waals surface area contributed by atoms with E-state index in [4.69, 9.17) is 5.26 Å². The Morgan fingerprint density at radius 1 is 1.55 bits per heavy atom. The molecule has 0 heterocycles. The van der Waals surface area contributed by atoms with Crippen molar-refractivity contribution in [3.63, 3.8) is 0 Å². The monoisotopic (exact) mass is 147 g/mol. The summed E-state index contributed by atoms with van der Waals surface area (Å²) in [5.74, 6) is 0. The number of hydrogen-bond donors (Lipinski definition) is 0. The number of unbranched alkanes of at least 4 members (excludes halogenated alkanes) is 1. The Morgan fingerprint density at radius 2 is 2.27 bits per heavy atom. The predicted octanol–water partition coefficient (Wildman–Crippen LogP) is 2.98. The van der Waals surface area contributed by atoms with Gasteiger partial charge in [-0.3, -0.25) is 0 Å². The molecule has 0 radical (unpaired) electrons. The Morgan fingerprint density at radius 3 is 2.73 bits per heavy atom. The van der Waals surface area contributed by atoms with Crippen molar-refractivity contribution in [2.24, 2.45) is 0 Å². The fourth-order valence-electron chi connectivity index (χ4n) is 0.622. The number of nitriles is 1. The summed E-state index contributed by atoms with van der Waals surface area (Å²) in [5, 5.41) is 8.49. The Kier molecular flexibility index (Phi) is 6.02. The smallest absolute Gasteiger partial charge is 0.0987 e. The molecule has 0 amide bonds. The van der Waals surface area contributed by atoms with Crippen LogP contribution in [0.3, 0.4) is 0 Å². The molecule has 0 N–H and O–H groups in total. The predicted molar refractivity (Wildman–Crippen MR) is 47.9 cm³/mol. The molecule has 0 aliphatic rings. The first-order valence-electron chi connectivity index (χ1n) is 3.69. The summed E-state index contributed by atoms with van der Waals surface area (Å²) >= 11 is 0. The van der Waals surface area contributed by atoms with Gasteiger partial charge in [-0.15, -0.1) is 6.58 Å². The maximum atomic E-state index is 8.49. The maximum absolute atomic E-state index is 8.49. The third-order valence-electron chi connectivity index (χ3n) is 1.27. The molecule has 58 valence electrons. The van der Waals surface area contributed by atoms with Gasteiger partial charge in [0.1, 0.15) is 0 Å². The summed E-state index contributed by atoms with van der Waals surface area (Å²) in [6.45, 7) is 5.46. The lowest BCUT2D eigenvalue weighted by molar-refractivity contribution is 1.05. The van der Waals surface area contributed by atoms with Gasteiger partial charge < -0.3 is 0 Å². The number of hydrogen-bond acceptors (Lipinski definition) is 1. The highest BCUT2D eigenvalue weighted by molar-refractivity contribution is 5.31. The van der Waals surface area contributed by atoms with E-state index in [2.05, 4.69) is 12.6 Å². The van der Waals surface area contributed by atoms with E-state index in [0.717, 1.165) is 12.8 Å². The second-order valence-electron chi connectivity index (χ2n) is 2.12. The van der Waals surface area contributed by atoms with Gasteiger partial charge in [-0.25, -0.2) is 0 Å². The summed E-state index contributed by atoms with van der Waals surface area (Å²) in [6, 6.07) is 2.08. The molecule has 0 aromatic rings. The van der Waals surface area contributed by atoms with Gasteiger partial charge in [-0.1, -0.05) is 18.2 Å². The number of rotatable bonds is 4. The van der Waals surface area contributed by atoms with Crippen molar-refractivity contribution in [1.29, 1.82) is 5.26 Å². The topological polar surface area (TPSA) is 23.8 Å². The van der Waals surface area contributed by atoms with E-state index in [1.54, 1.807) is 6.08 Å². The van der Waals surface area contributed by atoms with Crippen LogP contribution in [0.2, 0.25) is 0 Å². The Hall–Kier alpha value is -1.29. The lowest BCUT2D eigenvalue weighted by atomic mass is 10.2. The van der Waals surface area contributed by atoms with Crippen molar-refractivity contribution in [3.8, 4) is 6.07 Å². The normalized spacial score (nSPS) is 11.5. The number of allylic oxidation sites excluding steroid dienone is 5. The zero-order valence-corrected chi connectivity index (χ0v) is 6.88. The highest BCUT2D eigenvalue weighted by Gasteiger charge is 1.82. The second kappa shape index (κ2) is 6.82. The fourth-order valence-corrected chi connectivity index (χ4v) is 0.622. The van der Waals surface area contributed by atoms with Gasteiger partial charge in [-0.05, 0) is 25.8 Å². The summed E-state index contributed by atoms with van der Waals surface area (Å²) < 4.78 is 0. The van der Waals surface area contributed by atoms with Crippen molar-refractivity contribution in [2.75, 3.05) is 0 Å². The summed E-state index contributed by atoms with van der Waals surface area (Å²) in [4.78, 5) is 0. The van der Waals surface area contributed by atoms with Crippen LogP contribution in [-0.4, -0.2) is 0 Å². The molecule has 1 nitrogen and oxygen atoms in total. The molecule has 1 heteroatoms. The van der Waals surface area contributed by atoms with E-state index >= 15 is 0 Å². The summed E-state index contributed by atoms with van der Waals surface area (Å²) in [5.41, 5.74) is 0.717. The minimum Gasteiger partial charge on any atom is -0.192 e. The molecule has 0 aromatic carbocycles. The zero-order chi connectivity index (χ0) is 8.53. The van der Waals surface area contributed by atoms with Crippen molar-refractivity contribution in [2.45, 2.75) is 19.8 Å². The lowest BCUT2D eigenvalue weighted by Gasteiger charge is -1.85. The highest BCUT2D eigenvalue weighted by atomic mass is 14.2. The molecule has 0 rings (SSSR count). The van der Waals surface area contributed by atoms with E-state index in [9.17, 15) is 0 Å². The standard InChI is InChI=1S/C10H13N/c1-3-5-6-7-8-10(4-2)9-11/h3-4,7-8H,1,5-6H2,2H3/b8-7-,10-4+. The molecule has 0 aliphatic heterocycles. The first kappa shape index (κ1) is 9.71. The molecular weight excluding hydrogens is 134 g/mol. The van der Waals surface area contributed by atoms with Crippen molar-refractivity contribution in [3.05, 3.63) is 36.5 Å². The summed E-state index contributed by atoms with van der Waals surface area (Å²) in [6.07, 6.45) is 9.42. The molecule has 0 atom stereocenters. The average Bonchev–Trinajstić information content (AvgIpc) is 2.05. The third kappa shape index (κ3) is 5.17. The van der Waals surface area contributed by atoms with E-state index < -0.39 is 0 Å². The van der Waals surface area contributed by atoms with Gasteiger partial charge >= 0.3 is 0 Å². The molecule has 0 spiro atoms. The SMILES string of the molecule is C=CCC/C=C\C(C#N)=C/C. The molecule has 0 saturated carbocycles. The van der Waals surface area contributed by atoms with Crippen LogP contribution < -0.4 is 0 Å². The molecule has 0 fully saturated rings. The minimum absolute atomic E-state index is 0.717. The molecule has 0 bridgehead atoms. The van der Waals surface area contributed by atoms with Crippen LogP contribution in [0.15, 0.2) is 36.5 Å². The first-order chi connectivity index (χ1) is 5.35. The maximum Gasteiger partial charge on any atom is 0.0987 e. The van der Waals surface area contributed by atoms with Crippen LogP contribution in [0, 0.1) is 11.3 Å². The molecule has 0 aliphatic carbocycles. The molecular formula is C10H13N. The number of nitrogens with zero attached hydrogens (tertiary/aromatic N) is 1. The van der Waals surface area contributed by atoms with Crippen molar-refractivity contribution in [1.82, 2.24) is 0 Å². The van der Waals surface area contributed by atoms with Gasteiger partial charge in [0.15, 0.2) is 0 Å². The van der Waals surface area contributed by atoms with Crippen molar-refractivity contribution >= 4 is 0 Å². The van der Waals surface area contributed by atoms with Crippen molar-refractivity contribution < 1.29 is 0 Å². The van der Waals surface area contributed by atoms with Crippen LogP contribution in [0.1, 0.15) is 19.8 Å². The van der Waals surface area contributed by atoms with Crippen LogP contribution in [0.4, 0.5) is 0 Å². The van der Waals surface area contributed by atoms with E-state index in [-0.39, 0.29) is 0 Å². The Balaban J connectivity index is 3.74. The fraction of sp³-hybridized carbons (Fsp3) is 0.300. The Labute approximate surface area is 68.3 Å². The zero-order valence-electron chi connectivity index (χ0n) is 6.88. The first-order valence-corrected chi connectivity index (χ1v) is 3.69. The second-order valence-corrected chi connectivity index (χ2v) is 2.12. The largest absolute Gasteiger partial charge is 0.192 e. The van der Waals surface area contributed by atoms with Gasteiger partial charge in [0.25, 0.3) is 0 Å². The van der Waals surface area contributed by atoms with Gasteiger partial charge in [-0.2, -0.15) is 5.26 Å². The quantitative estimate of drug-likeness (QED) is 0.259.